The van der Waals surface area contributed by atoms with E-state index in [1.165, 1.54) is 0 Å². The number of aliphatic carboxylic acids is 1. The molecule has 0 aliphatic carbocycles. The number of nitrogens with two attached hydrogens (primary N) is 1. The van der Waals surface area contributed by atoms with Gasteiger partial charge in [0.2, 0.25) is 5.91 Å². The van der Waals surface area contributed by atoms with E-state index >= 15 is 0 Å². The molecule has 0 rings (SSSR count). The highest BCUT2D eigenvalue weighted by molar-refractivity contribution is 5.87. The number of hydrogen-bond acceptors (Lipinski definition) is 3. The van der Waals surface area contributed by atoms with Crippen LogP contribution >= 0.6 is 0 Å². The van der Waals surface area contributed by atoms with Crippen molar-refractivity contribution in [3.8, 4) is 0 Å². The lowest BCUT2D eigenvalue weighted by atomic mass is 9.88. The Hall–Kier alpha value is -1.79. The van der Waals surface area contributed by atoms with Crippen molar-refractivity contribution < 1.29 is 19.5 Å². The van der Waals surface area contributed by atoms with Crippen molar-refractivity contribution in [1.29, 1.82) is 0 Å². The van der Waals surface area contributed by atoms with E-state index in [1.807, 2.05) is 27.7 Å². The lowest BCUT2D eigenvalue weighted by Crippen LogP contribution is -2.52. The van der Waals surface area contributed by atoms with Crippen LogP contribution in [0.2, 0.25) is 0 Å². The molecule has 5 N–H and O–H groups in total. The van der Waals surface area contributed by atoms with Gasteiger partial charge >= 0.3 is 12.0 Å². The topological polar surface area (TPSA) is 122 Å². The molecule has 0 radical (unpaired) electrons. The number of urea groups is 1. The summed E-state index contributed by atoms with van der Waals surface area (Å²) in [6, 6.07) is -2.10. The van der Waals surface area contributed by atoms with Gasteiger partial charge in [0.1, 0.15) is 6.04 Å². The molecule has 1 unspecified atom stereocenters. The minimum Gasteiger partial charge on any atom is -0.480 e. The van der Waals surface area contributed by atoms with Gasteiger partial charge in [0.25, 0.3) is 0 Å². The van der Waals surface area contributed by atoms with Crippen LogP contribution in [0.25, 0.3) is 0 Å². The van der Waals surface area contributed by atoms with Crippen LogP contribution in [0.1, 0.15) is 34.1 Å². The highest BCUT2D eigenvalue weighted by atomic mass is 16.4. The number of carboxylic acid groups (broad SMARTS) is 1. The Labute approximate surface area is 106 Å². The maximum Gasteiger partial charge on any atom is 0.326 e. The Morgan fingerprint density at radius 1 is 1.22 bits per heavy atom. The molecule has 2 atom stereocenters. The summed E-state index contributed by atoms with van der Waals surface area (Å²) in [7, 11) is 0. The summed E-state index contributed by atoms with van der Waals surface area (Å²) < 4.78 is 0. The average molecular weight is 259 g/mol. The van der Waals surface area contributed by atoms with Gasteiger partial charge in [0.15, 0.2) is 0 Å². The van der Waals surface area contributed by atoms with Gasteiger partial charge in [0.05, 0.1) is 6.42 Å². The van der Waals surface area contributed by atoms with E-state index < -0.39 is 30.4 Å². The van der Waals surface area contributed by atoms with E-state index in [0.29, 0.717) is 0 Å². The average Bonchev–Trinajstić information content (AvgIpc) is 2.13. The van der Waals surface area contributed by atoms with E-state index in [1.54, 1.807) is 0 Å². The molecule has 0 heterocycles. The number of amides is 3. The Kier molecular flexibility index (Phi) is 5.61. The lowest BCUT2D eigenvalue weighted by Gasteiger charge is -2.28. The van der Waals surface area contributed by atoms with Crippen LogP contribution in [0, 0.1) is 5.41 Å². The van der Waals surface area contributed by atoms with E-state index in [0.717, 1.165) is 0 Å². The number of hydrogen-bond donors (Lipinski definition) is 4. The fourth-order valence-corrected chi connectivity index (χ4v) is 1.01. The van der Waals surface area contributed by atoms with Crippen LogP contribution in [0.4, 0.5) is 4.79 Å². The Morgan fingerprint density at radius 3 is 2.06 bits per heavy atom. The molecular formula is C11H21N3O4. The third kappa shape index (κ3) is 6.07. The number of carbonyl (C=O) groups excluding carboxylic acids is 2. The second-order valence-electron chi connectivity index (χ2n) is 5.27. The molecule has 0 aliphatic rings. The predicted octanol–water partition coefficient (Wildman–Crippen LogP) is 0.0488. The third-order valence-electron chi connectivity index (χ3n) is 2.66. The van der Waals surface area contributed by atoms with Gasteiger partial charge in [-0.05, 0) is 12.3 Å². The second-order valence-corrected chi connectivity index (χ2v) is 5.27. The molecule has 0 saturated heterocycles. The summed E-state index contributed by atoms with van der Waals surface area (Å²) in [4.78, 5) is 33.0. The van der Waals surface area contributed by atoms with Crippen LogP contribution in [-0.2, 0) is 9.59 Å². The first-order valence-corrected chi connectivity index (χ1v) is 5.62. The standard InChI is InChI=1S/C11H21N3O4/c1-6(11(2,3)4)13-10(18)14-7(9(16)17)5-8(12)15/h6-7H,5H2,1-4H3,(H2,12,15)(H,16,17)(H2,13,14,18)/t6?,7-/m0/s1. The normalized spacial score (nSPS) is 14.4. The zero-order valence-electron chi connectivity index (χ0n) is 11.1. The van der Waals surface area contributed by atoms with Crippen molar-refractivity contribution >= 4 is 17.9 Å². The van der Waals surface area contributed by atoms with Crippen LogP contribution in [0.15, 0.2) is 0 Å². The van der Waals surface area contributed by atoms with Gasteiger partial charge in [-0.15, -0.1) is 0 Å². The van der Waals surface area contributed by atoms with Crippen molar-refractivity contribution in [2.75, 3.05) is 0 Å². The van der Waals surface area contributed by atoms with Gasteiger partial charge in [-0.2, -0.15) is 0 Å². The zero-order valence-corrected chi connectivity index (χ0v) is 11.1. The maximum atomic E-state index is 11.6. The summed E-state index contributed by atoms with van der Waals surface area (Å²) in [5.74, 6) is -2.08. The van der Waals surface area contributed by atoms with E-state index in [9.17, 15) is 14.4 Å². The van der Waals surface area contributed by atoms with E-state index in [4.69, 9.17) is 10.8 Å². The van der Waals surface area contributed by atoms with Gasteiger partial charge < -0.3 is 21.5 Å². The van der Waals surface area contributed by atoms with Gasteiger partial charge in [-0.1, -0.05) is 20.8 Å². The van der Waals surface area contributed by atoms with Crippen LogP contribution in [0.5, 0.6) is 0 Å². The summed E-state index contributed by atoms with van der Waals surface area (Å²) in [6.45, 7) is 7.63. The van der Waals surface area contributed by atoms with Gasteiger partial charge in [-0.3, -0.25) is 4.79 Å². The van der Waals surface area contributed by atoms with Crippen LogP contribution in [0.3, 0.4) is 0 Å². The minimum absolute atomic E-state index is 0.152. The summed E-state index contributed by atoms with van der Waals surface area (Å²) in [5.41, 5.74) is 4.75. The number of rotatable bonds is 5. The maximum absolute atomic E-state index is 11.6. The molecule has 0 aliphatic heterocycles. The monoisotopic (exact) mass is 259 g/mol. The second kappa shape index (κ2) is 6.23. The van der Waals surface area contributed by atoms with Crippen molar-refractivity contribution in [3.05, 3.63) is 0 Å². The largest absolute Gasteiger partial charge is 0.480 e. The molecule has 0 spiro atoms. The van der Waals surface area contributed by atoms with Crippen molar-refractivity contribution in [2.45, 2.75) is 46.2 Å². The fourth-order valence-electron chi connectivity index (χ4n) is 1.01. The molecule has 0 bridgehead atoms. The molecule has 104 valence electrons. The first-order valence-electron chi connectivity index (χ1n) is 5.62. The van der Waals surface area contributed by atoms with Gasteiger partial charge in [0, 0.05) is 6.04 Å². The van der Waals surface area contributed by atoms with Crippen LogP contribution in [-0.4, -0.2) is 35.1 Å². The van der Waals surface area contributed by atoms with E-state index in [-0.39, 0.29) is 11.5 Å². The molecule has 18 heavy (non-hydrogen) atoms. The third-order valence-corrected chi connectivity index (χ3v) is 2.66. The molecule has 0 aromatic heterocycles. The summed E-state index contributed by atoms with van der Waals surface area (Å²) in [5, 5.41) is 13.6. The Balaban J connectivity index is 4.44. The van der Waals surface area contributed by atoms with E-state index in [2.05, 4.69) is 10.6 Å². The molecule has 0 fully saturated rings. The lowest BCUT2D eigenvalue weighted by molar-refractivity contribution is -0.140. The van der Waals surface area contributed by atoms with Gasteiger partial charge in [-0.25, -0.2) is 9.59 Å². The summed E-state index contributed by atoms with van der Waals surface area (Å²) in [6.07, 6.45) is -0.438. The molecule has 7 nitrogen and oxygen atoms in total. The summed E-state index contributed by atoms with van der Waals surface area (Å²) >= 11 is 0. The fraction of sp³-hybridized carbons (Fsp3) is 0.727. The molecule has 0 aromatic carbocycles. The van der Waals surface area contributed by atoms with Crippen molar-refractivity contribution in [2.24, 2.45) is 11.1 Å². The smallest absolute Gasteiger partial charge is 0.326 e. The molecule has 0 saturated carbocycles. The van der Waals surface area contributed by atoms with Crippen molar-refractivity contribution in [3.63, 3.8) is 0 Å². The number of carbonyl (C=O) groups is 3. The Morgan fingerprint density at radius 2 is 1.72 bits per heavy atom. The molecule has 7 heteroatoms. The molecule has 3 amide bonds. The number of nitrogens with one attached hydrogen (secondary N) is 2. The highest BCUT2D eigenvalue weighted by Crippen LogP contribution is 2.18. The number of carboxylic acids is 1. The molecular weight excluding hydrogens is 238 g/mol. The Bertz CT molecular complexity index is 336. The zero-order chi connectivity index (χ0) is 14.5. The SMILES string of the molecule is CC(NC(=O)N[C@@H](CC(N)=O)C(=O)O)C(C)(C)C. The minimum atomic E-state index is -1.31. The highest BCUT2D eigenvalue weighted by Gasteiger charge is 2.25. The van der Waals surface area contributed by atoms with Crippen LogP contribution < -0.4 is 16.4 Å². The number of primary amides is 1. The first kappa shape index (κ1) is 16.2. The predicted molar refractivity (Wildman–Crippen MR) is 65.8 cm³/mol. The first-order chi connectivity index (χ1) is 8.04. The quantitative estimate of drug-likeness (QED) is 0.557. The molecule has 0 aromatic rings. The van der Waals surface area contributed by atoms with Crippen molar-refractivity contribution in [1.82, 2.24) is 10.6 Å².